The molecule has 1 unspecified atom stereocenters. The van der Waals surface area contributed by atoms with Crippen LogP contribution in [0.4, 0.5) is 10.1 Å². The van der Waals surface area contributed by atoms with Crippen molar-refractivity contribution < 1.29 is 17.6 Å². The largest absolute Gasteiger partial charge is 0.341 e. The summed E-state index contributed by atoms with van der Waals surface area (Å²) in [4.78, 5) is 14.1. The molecule has 1 heterocycles. The number of carbonyl (C=O) groups excluding carboxylic acids is 1. The van der Waals surface area contributed by atoms with E-state index in [1.807, 2.05) is 0 Å². The van der Waals surface area contributed by atoms with Crippen molar-refractivity contribution in [1.29, 1.82) is 0 Å². The fourth-order valence-electron chi connectivity index (χ4n) is 3.04. The normalized spacial score (nSPS) is 17.6. The van der Waals surface area contributed by atoms with Gasteiger partial charge in [0, 0.05) is 24.8 Å². The van der Waals surface area contributed by atoms with Gasteiger partial charge in [0.1, 0.15) is 5.82 Å². The minimum atomic E-state index is -3.79. The molecular formula is C19H22FN3O3S. The van der Waals surface area contributed by atoms with E-state index in [-0.39, 0.29) is 23.3 Å². The van der Waals surface area contributed by atoms with Crippen LogP contribution in [-0.2, 0) is 21.2 Å². The Balaban J connectivity index is 1.63. The van der Waals surface area contributed by atoms with Crippen LogP contribution in [0.3, 0.4) is 0 Å². The van der Waals surface area contributed by atoms with Gasteiger partial charge in [-0.05, 0) is 54.8 Å². The summed E-state index contributed by atoms with van der Waals surface area (Å²) in [5.41, 5.74) is 7.08. The Morgan fingerprint density at radius 1 is 1.15 bits per heavy atom. The van der Waals surface area contributed by atoms with Crippen LogP contribution in [0, 0.1) is 5.82 Å². The van der Waals surface area contributed by atoms with E-state index in [9.17, 15) is 17.6 Å². The van der Waals surface area contributed by atoms with Gasteiger partial charge in [-0.25, -0.2) is 12.8 Å². The Labute approximate surface area is 158 Å². The third-order valence-corrected chi connectivity index (χ3v) is 5.89. The predicted octanol–water partition coefficient (Wildman–Crippen LogP) is 2.12. The van der Waals surface area contributed by atoms with E-state index in [1.54, 1.807) is 29.2 Å². The van der Waals surface area contributed by atoms with Crippen molar-refractivity contribution in [1.82, 2.24) is 4.90 Å². The first-order valence-corrected chi connectivity index (χ1v) is 10.2. The third-order valence-electron chi connectivity index (χ3n) is 4.50. The summed E-state index contributed by atoms with van der Waals surface area (Å²) in [5.74, 6) is -0.484. The van der Waals surface area contributed by atoms with Crippen LogP contribution in [0.1, 0.15) is 18.4 Å². The van der Waals surface area contributed by atoms with Crippen LogP contribution in [0.2, 0.25) is 0 Å². The molecule has 144 valence electrons. The molecule has 0 radical (unpaired) electrons. The van der Waals surface area contributed by atoms with Gasteiger partial charge >= 0.3 is 0 Å². The van der Waals surface area contributed by atoms with E-state index in [0.717, 1.165) is 37.1 Å². The number of hydrogen-bond acceptors (Lipinski definition) is 4. The highest BCUT2D eigenvalue weighted by Gasteiger charge is 2.21. The number of sulfonamides is 1. The van der Waals surface area contributed by atoms with Gasteiger partial charge in [-0.2, -0.15) is 0 Å². The molecule has 2 aromatic carbocycles. The molecule has 1 aliphatic heterocycles. The monoisotopic (exact) mass is 391 g/mol. The number of likely N-dealkylation sites (tertiary alicyclic amines) is 1. The van der Waals surface area contributed by atoms with Crippen molar-refractivity contribution in [2.45, 2.75) is 30.2 Å². The van der Waals surface area contributed by atoms with Crippen molar-refractivity contribution in [3.05, 3.63) is 59.9 Å². The average molecular weight is 391 g/mol. The topological polar surface area (TPSA) is 92.5 Å². The van der Waals surface area contributed by atoms with Gasteiger partial charge in [0.05, 0.1) is 11.3 Å². The second-order valence-electron chi connectivity index (χ2n) is 6.68. The van der Waals surface area contributed by atoms with Crippen molar-refractivity contribution in [2.24, 2.45) is 5.73 Å². The van der Waals surface area contributed by atoms with E-state index in [1.165, 1.54) is 12.1 Å². The summed E-state index contributed by atoms with van der Waals surface area (Å²) in [6, 6.07) is 11.3. The van der Waals surface area contributed by atoms with E-state index >= 15 is 0 Å². The van der Waals surface area contributed by atoms with Gasteiger partial charge in [-0.1, -0.05) is 12.1 Å². The molecule has 8 heteroatoms. The minimum Gasteiger partial charge on any atom is -0.341 e. The molecule has 1 aliphatic rings. The van der Waals surface area contributed by atoms with Crippen LogP contribution in [-0.4, -0.2) is 38.4 Å². The van der Waals surface area contributed by atoms with E-state index in [2.05, 4.69) is 4.72 Å². The first-order chi connectivity index (χ1) is 12.8. The Kier molecular flexibility index (Phi) is 5.76. The molecule has 3 N–H and O–H groups in total. The van der Waals surface area contributed by atoms with Crippen molar-refractivity contribution in [3.8, 4) is 0 Å². The zero-order chi connectivity index (χ0) is 19.4. The molecule has 0 spiro atoms. The first kappa shape index (κ1) is 19.3. The molecule has 1 atom stereocenters. The first-order valence-electron chi connectivity index (χ1n) is 8.74. The maximum atomic E-state index is 13.0. The lowest BCUT2D eigenvalue weighted by molar-refractivity contribution is -0.131. The second kappa shape index (κ2) is 8.06. The molecule has 0 bridgehead atoms. The van der Waals surface area contributed by atoms with Crippen LogP contribution in [0.25, 0.3) is 0 Å². The molecule has 1 amide bonds. The maximum absolute atomic E-state index is 13.0. The lowest BCUT2D eigenvalue weighted by atomic mass is 10.0. The Hall–Kier alpha value is -2.45. The molecule has 0 aromatic heterocycles. The van der Waals surface area contributed by atoms with Crippen LogP contribution >= 0.6 is 0 Å². The van der Waals surface area contributed by atoms with Gasteiger partial charge in [-0.3, -0.25) is 9.52 Å². The molecule has 3 rings (SSSR count). The zero-order valence-corrected chi connectivity index (χ0v) is 15.6. The number of carbonyl (C=O) groups is 1. The summed E-state index contributed by atoms with van der Waals surface area (Å²) in [6.45, 7) is 1.30. The number of nitrogens with two attached hydrogens (primary N) is 1. The van der Waals surface area contributed by atoms with Crippen LogP contribution in [0.15, 0.2) is 53.4 Å². The quantitative estimate of drug-likeness (QED) is 0.817. The van der Waals surface area contributed by atoms with Gasteiger partial charge < -0.3 is 10.6 Å². The van der Waals surface area contributed by atoms with E-state index in [0.29, 0.717) is 12.2 Å². The summed E-state index contributed by atoms with van der Waals surface area (Å²) >= 11 is 0. The number of halogens is 1. The number of rotatable bonds is 5. The maximum Gasteiger partial charge on any atom is 0.261 e. The number of piperidine rings is 1. The average Bonchev–Trinajstić information content (AvgIpc) is 2.63. The Morgan fingerprint density at radius 2 is 1.81 bits per heavy atom. The number of anilines is 1. The highest BCUT2D eigenvalue weighted by atomic mass is 32.2. The lowest BCUT2D eigenvalue weighted by Crippen LogP contribution is -2.46. The smallest absolute Gasteiger partial charge is 0.261 e. The number of nitrogens with zero attached hydrogens (tertiary/aromatic N) is 1. The fraction of sp³-hybridized carbons (Fsp3) is 0.316. The van der Waals surface area contributed by atoms with Crippen molar-refractivity contribution >= 4 is 21.6 Å². The molecule has 1 fully saturated rings. The van der Waals surface area contributed by atoms with E-state index < -0.39 is 15.8 Å². The van der Waals surface area contributed by atoms with Crippen molar-refractivity contribution in [2.75, 3.05) is 17.8 Å². The molecule has 0 saturated carbocycles. The van der Waals surface area contributed by atoms with E-state index in [4.69, 9.17) is 5.73 Å². The SMILES string of the molecule is NC1CCCN(C(=O)Cc2ccc(NS(=O)(=O)c3ccc(F)cc3)cc2)C1. The second-order valence-corrected chi connectivity index (χ2v) is 8.36. The standard InChI is InChI=1S/C19H22FN3O3S/c20-15-5-9-18(10-6-15)27(25,26)22-17-7-3-14(4-8-17)12-19(24)23-11-1-2-16(21)13-23/h3-10,16,22H,1-2,11-13,21H2. The molecule has 6 nitrogen and oxygen atoms in total. The van der Waals surface area contributed by atoms with Crippen LogP contribution in [0.5, 0.6) is 0 Å². The molecular weight excluding hydrogens is 369 g/mol. The van der Waals surface area contributed by atoms with Crippen LogP contribution < -0.4 is 10.5 Å². The Morgan fingerprint density at radius 3 is 2.44 bits per heavy atom. The van der Waals surface area contributed by atoms with Gasteiger partial charge in [0.2, 0.25) is 5.91 Å². The Bertz CT molecular complexity index is 899. The lowest BCUT2D eigenvalue weighted by Gasteiger charge is -2.30. The predicted molar refractivity (Wildman–Crippen MR) is 101 cm³/mol. The summed E-state index contributed by atoms with van der Waals surface area (Å²) in [5, 5.41) is 0. The fourth-order valence-corrected chi connectivity index (χ4v) is 4.10. The third kappa shape index (κ3) is 5.05. The highest BCUT2D eigenvalue weighted by Crippen LogP contribution is 2.18. The summed E-state index contributed by atoms with van der Waals surface area (Å²) in [7, 11) is -3.79. The highest BCUT2D eigenvalue weighted by molar-refractivity contribution is 7.92. The zero-order valence-electron chi connectivity index (χ0n) is 14.8. The molecule has 27 heavy (non-hydrogen) atoms. The summed E-state index contributed by atoms with van der Waals surface area (Å²) in [6.07, 6.45) is 2.10. The van der Waals surface area contributed by atoms with Gasteiger partial charge in [0.15, 0.2) is 0 Å². The minimum absolute atomic E-state index is 0.0183. The number of nitrogens with one attached hydrogen (secondary N) is 1. The number of benzene rings is 2. The number of hydrogen-bond donors (Lipinski definition) is 2. The summed E-state index contributed by atoms with van der Waals surface area (Å²) < 4.78 is 40.0. The van der Waals surface area contributed by atoms with Crippen molar-refractivity contribution in [3.63, 3.8) is 0 Å². The molecule has 2 aromatic rings. The van der Waals surface area contributed by atoms with Gasteiger partial charge in [-0.15, -0.1) is 0 Å². The van der Waals surface area contributed by atoms with Gasteiger partial charge in [0.25, 0.3) is 10.0 Å². The molecule has 1 saturated heterocycles. The number of amides is 1. The molecule has 0 aliphatic carbocycles.